The molecule has 3 aromatic rings. The Hall–Kier alpha value is -3.59. The second kappa shape index (κ2) is 7.68. The molecule has 0 saturated carbocycles. The largest absolute Gasteiger partial charge is 0.465 e. The van der Waals surface area contributed by atoms with Gasteiger partial charge in [-0.05, 0) is 24.6 Å². The molecule has 30 heavy (non-hydrogen) atoms. The molecule has 1 aromatic heterocycles. The molecule has 0 radical (unpaired) electrons. The molecule has 9 heteroatoms. The molecule has 7 nitrogen and oxygen atoms in total. The highest BCUT2D eigenvalue weighted by molar-refractivity contribution is 7.17. The summed E-state index contributed by atoms with van der Waals surface area (Å²) in [6.45, 7) is 0.189. The molecule has 2 heterocycles. The van der Waals surface area contributed by atoms with E-state index in [4.69, 9.17) is 0 Å². The smallest absolute Gasteiger partial charge is 0.351 e. The lowest BCUT2D eigenvalue weighted by molar-refractivity contribution is -0.384. The van der Waals surface area contributed by atoms with Crippen LogP contribution in [0.2, 0.25) is 0 Å². The summed E-state index contributed by atoms with van der Waals surface area (Å²) in [5, 5.41) is 10.9. The van der Waals surface area contributed by atoms with Crippen molar-refractivity contribution in [1.82, 2.24) is 0 Å². The van der Waals surface area contributed by atoms with Crippen LogP contribution >= 0.6 is 11.3 Å². The van der Waals surface area contributed by atoms with E-state index in [1.807, 2.05) is 0 Å². The second-order valence-corrected chi connectivity index (χ2v) is 7.59. The number of ether oxygens (including phenoxy) is 1. The minimum atomic E-state index is -0.734. The molecule has 1 aliphatic heterocycles. The van der Waals surface area contributed by atoms with Crippen molar-refractivity contribution < 1.29 is 23.6 Å². The van der Waals surface area contributed by atoms with Crippen LogP contribution in [0.5, 0.6) is 0 Å². The maximum Gasteiger partial charge on any atom is 0.351 e. The predicted molar refractivity (Wildman–Crippen MR) is 110 cm³/mol. The van der Waals surface area contributed by atoms with Crippen molar-refractivity contribution >= 4 is 34.6 Å². The molecule has 1 aliphatic rings. The number of amides is 1. The summed E-state index contributed by atoms with van der Waals surface area (Å²) in [6, 6.07) is 12.4. The number of para-hydroxylation sites is 1. The van der Waals surface area contributed by atoms with Gasteiger partial charge in [-0.2, -0.15) is 0 Å². The van der Waals surface area contributed by atoms with Crippen LogP contribution in [0.1, 0.15) is 25.6 Å². The number of esters is 1. The molecule has 0 saturated heterocycles. The molecule has 0 spiro atoms. The minimum Gasteiger partial charge on any atom is -0.465 e. The lowest BCUT2D eigenvalue weighted by Crippen LogP contribution is -2.32. The van der Waals surface area contributed by atoms with Crippen LogP contribution in [-0.4, -0.2) is 30.5 Å². The first-order valence-corrected chi connectivity index (χ1v) is 9.79. The van der Waals surface area contributed by atoms with E-state index in [0.717, 1.165) is 11.3 Å². The zero-order valence-electron chi connectivity index (χ0n) is 15.8. The molecule has 4 rings (SSSR count). The number of hydrogen-bond acceptors (Lipinski definition) is 6. The molecular weight excluding hydrogens is 411 g/mol. The highest BCUT2D eigenvalue weighted by atomic mass is 32.1. The number of methoxy groups -OCH3 is 1. The fraction of sp³-hybridized carbons (Fsp3) is 0.143. The number of nitro benzene ring substituents is 1. The summed E-state index contributed by atoms with van der Waals surface area (Å²) in [5.74, 6) is -1.70. The zero-order chi connectivity index (χ0) is 21.4. The van der Waals surface area contributed by atoms with Crippen LogP contribution in [0.4, 0.5) is 15.8 Å². The molecule has 0 atom stereocenters. The standard InChI is InChI=1S/C21H15FN2O5S/c1-29-21(26)19-17(22)15-10-11-23(16-5-3-2-4-14(16)18(15)30-19)20(25)12-6-8-13(9-7-12)24(27)28/h2-9H,10-11H2,1H3. The summed E-state index contributed by atoms with van der Waals surface area (Å²) < 4.78 is 19.6. The van der Waals surface area contributed by atoms with Crippen LogP contribution in [0.15, 0.2) is 48.5 Å². The van der Waals surface area contributed by atoms with Gasteiger partial charge in [0.05, 0.1) is 17.7 Å². The van der Waals surface area contributed by atoms with E-state index in [2.05, 4.69) is 4.74 Å². The van der Waals surface area contributed by atoms with E-state index in [-0.39, 0.29) is 35.0 Å². The molecular formula is C21H15FN2O5S. The molecule has 0 bridgehead atoms. The van der Waals surface area contributed by atoms with Gasteiger partial charge in [0, 0.05) is 40.2 Å². The van der Waals surface area contributed by atoms with Crippen LogP contribution in [0.3, 0.4) is 0 Å². The Balaban J connectivity index is 1.77. The van der Waals surface area contributed by atoms with Gasteiger partial charge in [0.2, 0.25) is 0 Å². The lowest BCUT2D eigenvalue weighted by Gasteiger charge is -2.23. The Morgan fingerprint density at radius 2 is 1.87 bits per heavy atom. The van der Waals surface area contributed by atoms with E-state index >= 15 is 0 Å². The van der Waals surface area contributed by atoms with E-state index < -0.39 is 16.7 Å². The van der Waals surface area contributed by atoms with Gasteiger partial charge in [-0.1, -0.05) is 18.2 Å². The van der Waals surface area contributed by atoms with Crippen LogP contribution < -0.4 is 4.90 Å². The number of halogens is 1. The number of hydrogen-bond donors (Lipinski definition) is 0. The number of nitrogens with zero attached hydrogens (tertiary/aromatic N) is 2. The van der Waals surface area contributed by atoms with E-state index in [1.54, 1.807) is 24.3 Å². The highest BCUT2D eigenvalue weighted by Gasteiger charge is 2.31. The quantitative estimate of drug-likeness (QED) is 0.351. The third kappa shape index (κ3) is 3.22. The van der Waals surface area contributed by atoms with Crippen molar-refractivity contribution in [3.8, 4) is 10.4 Å². The Bertz CT molecular complexity index is 1170. The zero-order valence-corrected chi connectivity index (χ0v) is 16.6. The summed E-state index contributed by atoms with van der Waals surface area (Å²) in [6.07, 6.45) is 0.210. The average Bonchev–Trinajstić information content (AvgIpc) is 3.00. The monoisotopic (exact) mass is 426 g/mol. The van der Waals surface area contributed by atoms with Gasteiger partial charge in [0.25, 0.3) is 11.6 Å². The van der Waals surface area contributed by atoms with Crippen LogP contribution in [0, 0.1) is 15.9 Å². The van der Waals surface area contributed by atoms with Crippen molar-refractivity contribution in [3.63, 3.8) is 0 Å². The Morgan fingerprint density at radius 3 is 2.53 bits per heavy atom. The van der Waals surface area contributed by atoms with Crippen LogP contribution in [0.25, 0.3) is 10.4 Å². The number of anilines is 1. The van der Waals surface area contributed by atoms with Gasteiger partial charge in [0.15, 0.2) is 5.82 Å². The Kier molecular flexibility index (Phi) is 5.04. The summed E-state index contributed by atoms with van der Waals surface area (Å²) in [7, 11) is 1.20. The van der Waals surface area contributed by atoms with Gasteiger partial charge >= 0.3 is 5.97 Å². The molecule has 0 unspecified atom stereocenters. The fourth-order valence-electron chi connectivity index (χ4n) is 3.45. The number of non-ortho nitro benzene ring substituents is 1. The van der Waals surface area contributed by atoms with Gasteiger partial charge in [-0.3, -0.25) is 14.9 Å². The molecule has 2 aromatic carbocycles. The van der Waals surface area contributed by atoms with Gasteiger partial charge < -0.3 is 9.64 Å². The maximum absolute atomic E-state index is 14.9. The highest BCUT2D eigenvalue weighted by Crippen LogP contribution is 2.43. The van der Waals surface area contributed by atoms with Gasteiger partial charge in [0.1, 0.15) is 4.88 Å². The van der Waals surface area contributed by atoms with Crippen LogP contribution in [-0.2, 0) is 11.2 Å². The Labute approximate surface area is 174 Å². The molecule has 0 aliphatic carbocycles. The third-order valence-electron chi connectivity index (χ3n) is 4.91. The second-order valence-electron chi connectivity index (χ2n) is 6.57. The number of thiophene rings is 1. The van der Waals surface area contributed by atoms with Crippen molar-refractivity contribution in [1.29, 1.82) is 0 Å². The van der Waals surface area contributed by atoms with Crippen molar-refractivity contribution in [3.05, 3.63) is 80.5 Å². The average molecular weight is 426 g/mol. The number of nitro groups is 1. The summed E-state index contributed by atoms with van der Waals surface area (Å²) in [5.41, 5.74) is 1.77. The number of rotatable bonds is 3. The molecule has 1 amide bonds. The topological polar surface area (TPSA) is 89.8 Å². The minimum absolute atomic E-state index is 0.0903. The molecule has 152 valence electrons. The number of carbonyl (C=O) groups excluding carboxylic acids is 2. The van der Waals surface area contributed by atoms with E-state index in [0.29, 0.717) is 21.7 Å². The first-order chi connectivity index (χ1) is 14.4. The molecule has 0 fully saturated rings. The lowest BCUT2D eigenvalue weighted by atomic mass is 10.1. The summed E-state index contributed by atoms with van der Waals surface area (Å²) >= 11 is 1.00. The third-order valence-corrected chi connectivity index (χ3v) is 6.13. The van der Waals surface area contributed by atoms with Crippen molar-refractivity contribution in [2.24, 2.45) is 0 Å². The predicted octanol–water partition coefficient (Wildman–Crippen LogP) is 4.45. The Morgan fingerprint density at radius 1 is 1.17 bits per heavy atom. The normalized spacial score (nSPS) is 12.5. The van der Waals surface area contributed by atoms with E-state index in [1.165, 1.54) is 36.3 Å². The van der Waals surface area contributed by atoms with Gasteiger partial charge in [-0.15, -0.1) is 11.3 Å². The molecule has 0 N–H and O–H groups in total. The number of benzene rings is 2. The maximum atomic E-state index is 14.9. The van der Waals surface area contributed by atoms with Crippen molar-refractivity contribution in [2.75, 3.05) is 18.6 Å². The summed E-state index contributed by atoms with van der Waals surface area (Å²) in [4.78, 5) is 37.4. The van der Waals surface area contributed by atoms with Gasteiger partial charge in [-0.25, -0.2) is 9.18 Å². The first-order valence-electron chi connectivity index (χ1n) is 8.97. The van der Waals surface area contributed by atoms with Crippen molar-refractivity contribution in [2.45, 2.75) is 6.42 Å². The first kappa shape index (κ1) is 19.7. The number of fused-ring (bicyclic) bond motifs is 3. The number of carbonyl (C=O) groups is 2. The van der Waals surface area contributed by atoms with E-state index in [9.17, 15) is 24.1 Å². The SMILES string of the molecule is COC(=O)c1sc2c(c1F)CCN(C(=O)c1ccc([N+](=O)[O-])cc1)c1ccccc1-2. The fourth-order valence-corrected chi connectivity index (χ4v) is 4.63.